The van der Waals surface area contributed by atoms with Gasteiger partial charge in [0.15, 0.2) is 0 Å². The molecule has 2 nitrogen and oxygen atoms in total. The molecule has 0 aromatic heterocycles. The molecule has 0 atom stereocenters. The van der Waals surface area contributed by atoms with Crippen molar-refractivity contribution in [3.05, 3.63) is 59.4 Å². The molecule has 0 unspecified atom stereocenters. The largest absolute Gasteiger partial charge is 0.457 e. The van der Waals surface area contributed by atoms with Gasteiger partial charge in [0.05, 0.1) is 0 Å². The number of para-hydroxylation sites is 1. The van der Waals surface area contributed by atoms with Crippen molar-refractivity contribution in [1.82, 2.24) is 5.32 Å². The Kier molecular flexibility index (Phi) is 3.95. The van der Waals surface area contributed by atoms with Gasteiger partial charge in [0.2, 0.25) is 0 Å². The number of nitrogens with one attached hydrogen (secondary N) is 1. The predicted molar refractivity (Wildman–Crippen MR) is 70.4 cm³/mol. The molecule has 0 radical (unpaired) electrons. The Morgan fingerprint density at radius 2 is 1.94 bits per heavy atom. The van der Waals surface area contributed by atoms with Crippen LogP contribution in [0.5, 0.6) is 11.5 Å². The molecule has 0 saturated carbocycles. The quantitative estimate of drug-likeness (QED) is 0.887. The fraction of sp³-hybridized carbons (Fsp3) is 0.200. The normalized spacial score (nSPS) is 10.4. The zero-order valence-corrected chi connectivity index (χ0v) is 10.5. The summed E-state index contributed by atoms with van der Waals surface area (Å²) in [4.78, 5) is 0. The second kappa shape index (κ2) is 5.65. The molecule has 0 aliphatic rings. The average Bonchev–Trinajstić information content (AvgIpc) is 2.37. The Bertz CT molecular complexity index is 540. The van der Waals surface area contributed by atoms with Crippen LogP contribution in [0.4, 0.5) is 4.39 Å². The average molecular weight is 245 g/mol. The van der Waals surface area contributed by atoms with Gasteiger partial charge in [-0.15, -0.1) is 0 Å². The van der Waals surface area contributed by atoms with Crippen molar-refractivity contribution in [2.24, 2.45) is 0 Å². The van der Waals surface area contributed by atoms with E-state index in [0.717, 1.165) is 11.3 Å². The zero-order valence-electron chi connectivity index (χ0n) is 10.5. The summed E-state index contributed by atoms with van der Waals surface area (Å²) in [6.45, 7) is 2.44. The number of rotatable bonds is 4. The minimum atomic E-state index is -0.251. The van der Waals surface area contributed by atoms with Gasteiger partial charge in [0, 0.05) is 18.2 Å². The van der Waals surface area contributed by atoms with Crippen molar-refractivity contribution in [3.8, 4) is 11.5 Å². The van der Waals surface area contributed by atoms with E-state index >= 15 is 0 Å². The molecular weight excluding hydrogens is 229 g/mol. The maximum absolute atomic E-state index is 13.4. The monoisotopic (exact) mass is 245 g/mol. The van der Waals surface area contributed by atoms with Crippen LogP contribution in [-0.4, -0.2) is 7.05 Å². The minimum absolute atomic E-state index is 0.251. The fourth-order valence-electron chi connectivity index (χ4n) is 1.70. The summed E-state index contributed by atoms with van der Waals surface area (Å²) in [7, 11) is 1.88. The number of benzene rings is 2. The Labute approximate surface area is 106 Å². The molecule has 94 valence electrons. The lowest BCUT2D eigenvalue weighted by Crippen LogP contribution is -2.06. The molecule has 0 aliphatic carbocycles. The van der Waals surface area contributed by atoms with Crippen LogP contribution in [0.1, 0.15) is 11.1 Å². The lowest BCUT2D eigenvalue weighted by Gasteiger charge is -2.11. The first-order chi connectivity index (χ1) is 8.70. The summed E-state index contributed by atoms with van der Waals surface area (Å²) in [6.07, 6.45) is 0. The molecule has 0 amide bonds. The van der Waals surface area contributed by atoms with Gasteiger partial charge in [0.25, 0.3) is 0 Å². The van der Waals surface area contributed by atoms with E-state index < -0.39 is 0 Å². The second-order valence-corrected chi connectivity index (χ2v) is 4.15. The molecule has 2 rings (SSSR count). The van der Waals surface area contributed by atoms with Crippen LogP contribution >= 0.6 is 0 Å². The summed E-state index contributed by atoms with van der Waals surface area (Å²) in [5, 5.41) is 3.08. The van der Waals surface area contributed by atoms with Crippen molar-refractivity contribution in [2.75, 3.05) is 7.05 Å². The number of ether oxygens (including phenoxy) is 1. The first kappa shape index (κ1) is 12.6. The van der Waals surface area contributed by atoms with Crippen LogP contribution in [0.25, 0.3) is 0 Å². The number of hydrogen-bond donors (Lipinski definition) is 1. The van der Waals surface area contributed by atoms with E-state index in [0.29, 0.717) is 17.9 Å². The molecule has 18 heavy (non-hydrogen) atoms. The molecule has 1 N–H and O–H groups in total. The highest BCUT2D eigenvalue weighted by atomic mass is 19.1. The third kappa shape index (κ3) is 2.87. The molecule has 0 fully saturated rings. The van der Waals surface area contributed by atoms with Gasteiger partial charge >= 0.3 is 0 Å². The van der Waals surface area contributed by atoms with E-state index in [9.17, 15) is 4.39 Å². The predicted octanol–water partition coefficient (Wildman–Crippen LogP) is 3.65. The van der Waals surface area contributed by atoms with Gasteiger partial charge in [-0.1, -0.05) is 24.3 Å². The van der Waals surface area contributed by atoms with E-state index in [-0.39, 0.29) is 5.82 Å². The lowest BCUT2D eigenvalue weighted by molar-refractivity contribution is 0.468. The fourth-order valence-corrected chi connectivity index (χ4v) is 1.70. The van der Waals surface area contributed by atoms with Crippen LogP contribution in [0.15, 0.2) is 42.5 Å². The highest BCUT2D eigenvalue weighted by Gasteiger charge is 2.05. The van der Waals surface area contributed by atoms with Crippen molar-refractivity contribution < 1.29 is 9.13 Å². The van der Waals surface area contributed by atoms with Crippen molar-refractivity contribution in [3.63, 3.8) is 0 Å². The van der Waals surface area contributed by atoms with Crippen molar-refractivity contribution in [2.45, 2.75) is 13.5 Å². The van der Waals surface area contributed by atoms with Gasteiger partial charge in [-0.25, -0.2) is 4.39 Å². The summed E-state index contributed by atoms with van der Waals surface area (Å²) in [6, 6.07) is 12.6. The first-order valence-corrected chi connectivity index (χ1v) is 5.87. The number of halogens is 1. The Morgan fingerprint density at radius 1 is 1.17 bits per heavy atom. The van der Waals surface area contributed by atoms with E-state index in [4.69, 9.17) is 4.74 Å². The molecule has 0 aliphatic heterocycles. The molecule has 2 aromatic rings. The van der Waals surface area contributed by atoms with E-state index in [1.165, 1.54) is 6.07 Å². The maximum atomic E-state index is 13.4. The van der Waals surface area contributed by atoms with E-state index in [1.54, 1.807) is 19.1 Å². The Morgan fingerprint density at radius 3 is 2.67 bits per heavy atom. The molecule has 0 bridgehead atoms. The maximum Gasteiger partial charge on any atom is 0.131 e. The zero-order chi connectivity index (χ0) is 13.0. The van der Waals surface area contributed by atoms with Crippen molar-refractivity contribution >= 4 is 0 Å². The second-order valence-electron chi connectivity index (χ2n) is 4.15. The summed E-state index contributed by atoms with van der Waals surface area (Å²) < 4.78 is 19.2. The minimum Gasteiger partial charge on any atom is -0.457 e. The molecule has 2 aromatic carbocycles. The van der Waals surface area contributed by atoms with Crippen LogP contribution in [0.2, 0.25) is 0 Å². The third-order valence-electron chi connectivity index (χ3n) is 2.71. The number of hydrogen-bond acceptors (Lipinski definition) is 2. The third-order valence-corrected chi connectivity index (χ3v) is 2.71. The van der Waals surface area contributed by atoms with Gasteiger partial charge in [0.1, 0.15) is 17.3 Å². The Hall–Kier alpha value is -1.87. The lowest BCUT2D eigenvalue weighted by atomic mass is 10.2. The van der Waals surface area contributed by atoms with Crippen LogP contribution in [0, 0.1) is 12.7 Å². The first-order valence-electron chi connectivity index (χ1n) is 5.87. The summed E-state index contributed by atoms with van der Waals surface area (Å²) in [5.41, 5.74) is 1.66. The van der Waals surface area contributed by atoms with Crippen LogP contribution in [-0.2, 0) is 6.54 Å². The highest BCUT2D eigenvalue weighted by molar-refractivity contribution is 5.38. The summed E-state index contributed by atoms with van der Waals surface area (Å²) in [5.74, 6) is 1.01. The van der Waals surface area contributed by atoms with Gasteiger partial charge in [-0.3, -0.25) is 0 Å². The highest BCUT2D eigenvalue weighted by Crippen LogP contribution is 2.26. The molecular formula is C15H16FNO. The molecule has 0 saturated heterocycles. The SMILES string of the molecule is CNCc1ccccc1Oc1ccc(C)c(F)c1. The van der Waals surface area contributed by atoms with Crippen molar-refractivity contribution in [1.29, 1.82) is 0 Å². The topological polar surface area (TPSA) is 21.3 Å². The van der Waals surface area contributed by atoms with Crippen LogP contribution < -0.4 is 10.1 Å². The van der Waals surface area contributed by atoms with Gasteiger partial charge in [-0.05, 0) is 31.7 Å². The molecule has 3 heteroatoms. The molecule has 0 spiro atoms. The van der Waals surface area contributed by atoms with E-state index in [1.807, 2.05) is 31.3 Å². The Balaban J connectivity index is 2.25. The van der Waals surface area contributed by atoms with Crippen LogP contribution in [0.3, 0.4) is 0 Å². The summed E-state index contributed by atoms with van der Waals surface area (Å²) >= 11 is 0. The van der Waals surface area contributed by atoms with Gasteiger partial charge < -0.3 is 10.1 Å². The number of aryl methyl sites for hydroxylation is 1. The standard InChI is InChI=1S/C15H16FNO/c1-11-7-8-13(9-14(11)16)18-15-6-4-3-5-12(15)10-17-2/h3-9,17H,10H2,1-2H3. The smallest absolute Gasteiger partial charge is 0.131 e. The van der Waals surface area contributed by atoms with E-state index in [2.05, 4.69) is 5.32 Å². The van der Waals surface area contributed by atoms with Gasteiger partial charge in [-0.2, -0.15) is 0 Å². The molecule has 0 heterocycles.